The lowest BCUT2D eigenvalue weighted by molar-refractivity contribution is -0.119. The SMILES string of the molecule is CC(=O)NCC1CN(c2ccc(-c3ccc(CN(N)/C=C\N)nc3)c(F)c2)C(=O)O1. The van der Waals surface area contributed by atoms with Crippen LogP contribution in [0.1, 0.15) is 12.6 Å². The van der Waals surface area contributed by atoms with Gasteiger partial charge in [-0.15, -0.1) is 0 Å². The van der Waals surface area contributed by atoms with Crippen LogP contribution in [0.25, 0.3) is 11.1 Å². The van der Waals surface area contributed by atoms with E-state index in [1.807, 2.05) is 0 Å². The highest BCUT2D eigenvalue weighted by molar-refractivity contribution is 5.90. The Bertz CT molecular complexity index is 950. The zero-order chi connectivity index (χ0) is 21.7. The minimum absolute atomic E-state index is 0.206. The van der Waals surface area contributed by atoms with Crippen molar-refractivity contribution in [3.05, 3.63) is 60.4 Å². The molecule has 3 rings (SSSR count). The average molecular weight is 414 g/mol. The van der Waals surface area contributed by atoms with Gasteiger partial charge in [0, 0.05) is 36.6 Å². The highest BCUT2D eigenvalue weighted by Gasteiger charge is 2.32. The highest BCUT2D eigenvalue weighted by Crippen LogP contribution is 2.29. The minimum atomic E-state index is -0.582. The van der Waals surface area contributed by atoms with Crippen LogP contribution in [-0.2, 0) is 16.1 Å². The quantitative estimate of drug-likeness (QED) is 0.462. The van der Waals surface area contributed by atoms with Crippen LogP contribution in [0, 0.1) is 5.82 Å². The number of hydrazine groups is 1. The van der Waals surface area contributed by atoms with Crippen LogP contribution < -0.4 is 21.8 Å². The molecule has 0 aliphatic carbocycles. The smallest absolute Gasteiger partial charge is 0.414 e. The van der Waals surface area contributed by atoms with Crippen LogP contribution in [0.15, 0.2) is 48.9 Å². The first-order valence-electron chi connectivity index (χ1n) is 9.24. The summed E-state index contributed by atoms with van der Waals surface area (Å²) >= 11 is 0. The molecule has 0 radical (unpaired) electrons. The van der Waals surface area contributed by atoms with Crippen molar-refractivity contribution in [2.75, 3.05) is 18.0 Å². The van der Waals surface area contributed by atoms with E-state index in [4.69, 9.17) is 16.3 Å². The van der Waals surface area contributed by atoms with Crippen molar-refractivity contribution in [1.29, 1.82) is 0 Å². The molecule has 158 valence electrons. The van der Waals surface area contributed by atoms with E-state index in [0.717, 1.165) is 0 Å². The third-order valence-electron chi connectivity index (χ3n) is 4.47. The van der Waals surface area contributed by atoms with Crippen molar-refractivity contribution in [1.82, 2.24) is 15.3 Å². The number of hydrogen-bond donors (Lipinski definition) is 3. The number of halogens is 1. The Morgan fingerprint density at radius 2 is 2.23 bits per heavy atom. The lowest BCUT2D eigenvalue weighted by Crippen LogP contribution is -2.33. The molecule has 1 unspecified atom stereocenters. The molecule has 1 atom stereocenters. The monoisotopic (exact) mass is 414 g/mol. The van der Waals surface area contributed by atoms with Crippen molar-refractivity contribution >= 4 is 17.7 Å². The number of anilines is 1. The molecule has 1 aliphatic rings. The third kappa shape index (κ3) is 5.03. The molecule has 9 nitrogen and oxygen atoms in total. The van der Waals surface area contributed by atoms with Gasteiger partial charge in [-0.1, -0.05) is 6.07 Å². The molecule has 2 heterocycles. The van der Waals surface area contributed by atoms with E-state index in [2.05, 4.69) is 10.3 Å². The van der Waals surface area contributed by atoms with E-state index < -0.39 is 18.0 Å². The zero-order valence-electron chi connectivity index (χ0n) is 16.4. The number of aromatic nitrogens is 1. The van der Waals surface area contributed by atoms with Gasteiger partial charge in [-0.25, -0.2) is 15.0 Å². The van der Waals surface area contributed by atoms with Crippen LogP contribution in [0.5, 0.6) is 0 Å². The molecule has 1 aromatic heterocycles. The van der Waals surface area contributed by atoms with Crippen molar-refractivity contribution < 1.29 is 18.7 Å². The summed E-state index contributed by atoms with van der Waals surface area (Å²) in [5, 5.41) is 3.98. The van der Waals surface area contributed by atoms with E-state index in [9.17, 15) is 14.0 Å². The zero-order valence-corrected chi connectivity index (χ0v) is 16.4. The standard InChI is InChI=1S/C20H23FN6O3/c1-13(28)24-10-17-12-27(20(29)30-17)16-4-5-18(19(21)8-16)14-2-3-15(25-9-14)11-26(23)7-6-22/h2-9,17H,10-12,22-23H2,1H3,(H,24,28)/b7-6-. The molecular weight excluding hydrogens is 391 g/mol. The number of nitrogens with one attached hydrogen (secondary N) is 1. The number of hydrogen-bond acceptors (Lipinski definition) is 7. The molecule has 5 N–H and O–H groups in total. The van der Waals surface area contributed by atoms with E-state index in [0.29, 0.717) is 29.1 Å². The van der Waals surface area contributed by atoms with Crippen LogP contribution in [-0.4, -0.2) is 41.2 Å². The predicted molar refractivity (Wildman–Crippen MR) is 109 cm³/mol. The first kappa shape index (κ1) is 21.1. The summed E-state index contributed by atoms with van der Waals surface area (Å²) < 4.78 is 20.0. The molecule has 0 saturated carbocycles. The van der Waals surface area contributed by atoms with E-state index in [1.54, 1.807) is 30.5 Å². The number of carbonyl (C=O) groups is 2. The van der Waals surface area contributed by atoms with E-state index in [1.165, 1.54) is 35.3 Å². The Morgan fingerprint density at radius 3 is 2.87 bits per heavy atom. The second kappa shape index (κ2) is 9.23. The van der Waals surface area contributed by atoms with Gasteiger partial charge in [0.25, 0.3) is 0 Å². The predicted octanol–water partition coefficient (Wildman–Crippen LogP) is 1.45. The number of carbonyl (C=O) groups excluding carboxylic acids is 2. The van der Waals surface area contributed by atoms with Crippen molar-refractivity contribution in [3.8, 4) is 11.1 Å². The van der Waals surface area contributed by atoms with Crippen LogP contribution >= 0.6 is 0 Å². The van der Waals surface area contributed by atoms with Crippen molar-refractivity contribution in [2.45, 2.75) is 19.6 Å². The Hall–Kier alpha value is -3.66. The summed E-state index contributed by atoms with van der Waals surface area (Å²) in [4.78, 5) is 28.7. The molecule has 1 aliphatic heterocycles. The van der Waals surface area contributed by atoms with Crippen LogP contribution in [0.3, 0.4) is 0 Å². The van der Waals surface area contributed by atoms with Gasteiger partial charge >= 0.3 is 6.09 Å². The summed E-state index contributed by atoms with van der Waals surface area (Å²) in [5.41, 5.74) is 7.31. The van der Waals surface area contributed by atoms with E-state index in [-0.39, 0.29) is 19.0 Å². The Balaban J connectivity index is 1.71. The minimum Gasteiger partial charge on any atom is -0.442 e. The second-order valence-electron chi connectivity index (χ2n) is 6.77. The molecule has 10 heteroatoms. The van der Waals surface area contributed by atoms with E-state index >= 15 is 0 Å². The van der Waals surface area contributed by atoms with Gasteiger partial charge in [0.1, 0.15) is 11.9 Å². The summed E-state index contributed by atoms with van der Waals surface area (Å²) in [6.45, 7) is 2.16. The average Bonchev–Trinajstić information content (AvgIpc) is 3.08. The van der Waals surface area contributed by atoms with Crippen molar-refractivity contribution in [3.63, 3.8) is 0 Å². The fourth-order valence-electron chi connectivity index (χ4n) is 3.03. The lowest BCUT2D eigenvalue weighted by Gasteiger charge is -2.15. The molecule has 30 heavy (non-hydrogen) atoms. The van der Waals surface area contributed by atoms with Crippen LogP contribution in [0.4, 0.5) is 14.9 Å². The second-order valence-corrected chi connectivity index (χ2v) is 6.77. The van der Waals surface area contributed by atoms with Gasteiger partial charge < -0.3 is 20.8 Å². The number of pyridine rings is 1. The molecule has 0 bridgehead atoms. The summed E-state index contributed by atoms with van der Waals surface area (Å²) in [6, 6.07) is 7.99. The number of rotatable bonds is 7. The van der Waals surface area contributed by atoms with Gasteiger partial charge in [-0.05, 0) is 24.3 Å². The third-order valence-corrected chi connectivity index (χ3v) is 4.47. The lowest BCUT2D eigenvalue weighted by atomic mass is 10.1. The van der Waals surface area contributed by atoms with Crippen molar-refractivity contribution in [2.24, 2.45) is 11.6 Å². The largest absolute Gasteiger partial charge is 0.442 e. The fourth-order valence-corrected chi connectivity index (χ4v) is 3.03. The number of nitrogens with zero attached hydrogens (tertiary/aromatic N) is 3. The number of benzene rings is 1. The first-order chi connectivity index (χ1) is 14.4. The Kier molecular flexibility index (Phi) is 6.48. The fraction of sp³-hybridized carbons (Fsp3) is 0.250. The maximum atomic E-state index is 14.8. The molecule has 1 saturated heterocycles. The number of amides is 2. The molecule has 1 aromatic carbocycles. The summed E-state index contributed by atoms with van der Waals surface area (Å²) in [6.07, 6.45) is 3.32. The molecule has 0 spiro atoms. The summed E-state index contributed by atoms with van der Waals surface area (Å²) in [5.74, 6) is 5.02. The highest BCUT2D eigenvalue weighted by atomic mass is 19.1. The van der Waals surface area contributed by atoms with Gasteiger partial charge in [0.05, 0.1) is 31.0 Å². The Morgan fingerprint density at radius 1 is 1.43 bits per heavy atom. The van der Waals surface area contributed by atoms with Crippen LogP contribution in [0.2, 0.25) is 0 Å². The maximum Gasteiger partial charge on any atom is 0.414 e. The molecule has 2 aromatic rings. The van der Waals surface area contributed by atoms with Gasteiger partial charge in [-0.3, -0.25) is 14.7 Å². The van der Waals surface area contributed by atoms with Gasteiger partial charge in [0.15, 0.2) is 0 Å². The topological polar surface area (TPSA) is 127 Å². The van der Waals surface area contributed by atoms with Gasteiger partial charge in [0.2, 0.25) is 5.91 Å². The Labute approximate surface area is 173 Å². The number of nitrogens with two attached hydrogens (primary N) is 2. The number of ether oxygens (including phenoxy) is 1. The normalized spacial score (nSPS) is 16.0. The molecule has 1 fully saturated rings. The molecular formula is C20H23FN6O3. The summed E-state index contributed by atoms with van der Waals surface area (Å²) in [7, 11) is 0. The molecule has 2 amide bonds. The number of cyclic esters (lactones) is 1. The first-order valence-corrected chi connectivity index (χ1v) is 9.24. The maximum absolute atomic E-state index is 14.8. The van der Waals surface area contributed by atoms with Gasteiger partial charge in [-0.2, -0.15) is 0 Å².